The molecule has 0 spiro atoms. The molecule has 1 nitrogen and oxygen atoms in total. The molecule has 0 radical (unpaired) electrons. The topological polar surface area (TPSA) is 12.0 Å². The van der Waals surface area contributed by atoms with Crippen molar-refractivity contribution >= 4 is 19.3 Å². The third-order valence-corrected chi connectivity index (χ3v) is 3.24. The maximum Gasteiger partial charge on any atom is 0.239 e. The van der Waals surface area contributed by atoms with Crippen LogP contribution in [0.3, 0.4) is 0 Å². The van der Waals surface area contributed by atoms with Gasteiger partial charge in [-0.3, -0.25) is 0 Å². The van der Waals surface area contributed by atoms with Gasteiger partial charge in [-0.25, -0.2) is 5.09 Å². The summed E-state index contributed by atoms with van der Waals surface area (Å²) in [4.78, 5) is 0. The largest absolute Gasteiger partial charge is 0.239 e. The lowest BCUT2D eigenvalue weighted by Crippen LogP contribution is -2.07. The summed E-state index contributed by atoms with van der Waals surface area (Å²) in [6.07, 6.45) is 4.07. The van der Waals surface area contributed by atoms with Crippen LogP contribution >= 0.6 is 7.70 Å². The van der Waals surface area contributed by atoms with Crippen LogP contribution in [0.25, 0.3) is 0 Å². The van der Waals surface area contributed by atoms with Crippen LogP contribution in [0.15, 0.2) is 36.5 Å². The zero-order valence-corrected chi connectivity index (χ0v) is 9.07. The van der Waals surface area contributed by atoms with E-state index in [0.717, 1.165) is 5.70 Å². The van der Waals surface area contributed by atoms with Crippen molar-refractivity contribution in [2.24, 2.45) is 0 Å². The third-order valence-electron chi connectivity index (χ3n) is 1.67. The normalized spacial score (nSPS) is 10.8. The van der Waals surface area contributed by atoms with E-state index in [1.165, 1.54) is 10.9 Å². The van der Waals surface area contributed by atoms with Crippen LogP contribution in [0, 0.1) is 6.92 Å². The molecule has 1 aromatic carbocycles. The van der Waals surface area contributed by atoms with Crippen LogP contribution in [0.2, 0.25) is 0 Å². The van der Waals surface area contributed by atoms with Crippen LogP contribution < -0.4 is 10.4 Å². The summed E-state index contributed by atoms with van der Waals surface area (Å²) >= 11 is 0. The van der Waals surface area contributed by atoms with Crippen molar-refractivity contribution in [2.45, 2.75) is 13.8 Å². The van der Waals surface area contributed by atoms with Gasteiger partial charge in [0, 0.05) is 5.70 Å². The third kappa shape index (κ3) is 3.04. The first kappa shape index (κ1) is 10.0. The molecule has 2 heteroatoms. The molecular formula is C11H15NP+. The molecule has 0 saturated carbocycles. The molecule has 1 atom stereocenters. The second-order valence-electron chi connectivity index (χ2n) is 3.16. The van der Waals surface area contributed by atoms with E-state index in [9.17, 15) is 0 Å². The van der Waals surface area contributed by atoms with Crippen molar-refractivity contribution in [3.8, 4) is 0 Å². The van der Waals surface area contributed by atoms with E-state index in [1.54, 1.807) is 0 Å². The minimum Gasteiger partial charge on any atom is -0.214 e. The van der Waals surface area contributed by atoms with Crippen molar-refractivity contribution in [3.05, 3.63) is 42.1 Å². The number of nitrogens with one attached hydrogen (secondary N) is 1. The van der Waals surface area contributed by atoms with Crippen LogP contribution in [-0.4, -0.2) is 6.30 Å². The molecule has 0 aromatic heterocycles. The second-order valence-corrected chi connectivity index (χ2v) is 4.75. The minimum atomic E-state index is -0.527. The fourth-order valence-corrected chi connectivity index (χ4v) is 2.12. The van der Waals surface area contributed by atoms with Gasteiger partial charge in [0.15, 0.2) is 5.30 Å². The number of aryl methyl sites for hydroxylation is 1. The van der Waals surface area contributed by atoms with Crippen molar-refractivity contribution in [3.63, 3.8) is 0 Å². The van der Waals surface area contributed by atoms with E-state index >= 15 is 0 Å². The predicted octanol–water partition coefficient (Wildman–Crippen LogP) is 2.57. The molecule has 0 heterocycles. The molecule has 13 heavy (non-hydrogen) atoms. The van der Waals surface area contributed by atoms with Gasteiger partial charge in [0.05, 0.1) is 0 Å². The lowest BCUT2D eigenvalue weighted by atomic mass is 10.2. The van der Waals surface area contributed by atoms with Crippen molar-refractivity contribution < 1.29 is 0 Å². The second kappa shape index (κ2) is 4.25. The number of hydrogen-bond donors (Lipinski definition) is 1. The summed E-state index contributed by atoms with van der Waals surface area (Å²) in [6.45, 7) is 7.84. The van der Waals surface area contributed by atoms with Gasteiger partial charge >= 0.3 is 0 Å². The Morgan fingerprint density at radius 2 is 1.85 bits per heavy atom. The molecular weight excluding hydrogens is 177 g/mol. The van der Waals surface area contributed by atoms with E-state index in [4.69, 9.17) is 0 Å². The van der Waals surface area contributed by atoms with E-state index in [-0.39, 0.29) is 0 Å². The van der Waals surface area contributed by atoms with Crippen LogP contribution in [0.1, 0.15) is 12.5 Å². The van der Waals surface area contributed by atoms with E-state index in [2.05, 4.69) is 49.2 Å². The van der Waals surface area contributed by atoms with E-state index in [1.807, 2.05) is 6.92 Å². The SMILES string of the molecule is C=C(C)N[P+](=C)c1ccc(C)cc1. The van der Waals surface area contributed by atoms with E-state index < -0.39 is 7.70 Å². The molecule has 1 aromatic rings. The Kier molecular flexibility index (Phi) is 3.27. The zero-order chi connectivity index (χ0) is 9.84. The molecule has 0 bridgehead atoms. The van der Waals surface area contributed by atoms with Gasteiger partial charge < -0.3 is 0 Å². The monoisotopic (exact) mass is 192 g/mol. The first-order valence-corrected chi connectivity index (χ1v) is 5.72. The first-order valence-electron chi connectivity index (χ1n) is 4.19. The van der Waals surface area contributed by atoms with Gasteiger partial charge in [-0.1, -0.05) is 24.3 Å². The van der Waals surface area contributed by atoms with Crippen LogP contribution in [0.4, 0.5) is 0 Å². The maximum atomic E-state index is 4.07. The lowest BCUT2D eigenvalue weighted by molar-refractivity contribution is 1.21. The molecule has 68 valence electrons. The van der Waals surface area contributed by atoms with Crippen molar-refractivity contribution in [2.75, 3.05) is 0 Å². The number of rotatable bonds is 3. The quantitative estimate of drug-likeness (QED) is 0.726. The molecule has 0 aliphatic heterocycles. The molecule has 1 rings (SSSR count). The molecule has 1 N–H and O–H groups in total. The minimum absolute atomic E-state index is 0.527. The molecule has 1 unspecified atom stereocenters. The smallest absolute Gasteiger partial charge is 0.214 e. The van der Waals surface area contributed by atoms with Gasteiger partial charge in [-0.05, 0) is 26.0 Å². The van der Waals surface area contributed by atoms with Gasteiger partial charge in [0.1, 0.15) is 6.30 Å². The molecule has 0 aliphatic carbocycles. The number of hydrogen-bond acceptors (Lipinski definition) is 1. The summed E-state index contributed by atoms with van der Waals surface area (Å²) in [5.41, 5.74) is 2.25. The fourth-order valence-electron chi connectivity index (χ4n) is 1.02. The average molecular weight is 192 g/mol. The highest BCUT2D eigenvalue weighted by molar-refractivity contribution is 7.61. The summed E-state index contributed by atoms with van der Waals surface area (Å²) in [7, 11) is -0.527. The predicted molar refractivity (Wildman–Crippen MR) is 62.8 cm³/mol. The van der Waals surface area contributed by atoms with E-state index in [0.29, 0.717) is 0 Å². The Balaban J connectivity index is 2.78. The summed E-state index contributed by atoms with van der Waals surface area (Å²) in [5, 5.41) is 4.49. The zero-order valence-electron chi connectivity index (χ0n) is 8.17. The fraction of sp³-hybridized carbons (Fsp3) is 0.182. The van der Waals surface area contributed by atoms with Crippen molar-refractivity contribution in [1.29, 1.82) is 0 Å². The first-order chi connectivity index (χ1) is 6.09. The maximum absolute atomic E-state index is 4.07. The summed E-state index contributed by atoms with van der Waals surface area (Å²) in [6, 6.07) is 8.44. The molecule has 0 saturated heterocycles. The Morgan fingerprint density at radius 1 is 1.31 bits per heavy atom. The standard InChI is InChI=1S/C11H15NP/c1-9(2)12-13(4)11-7-5-10(3)6-8-11/h5-8,12H,1,4H2,2-3H3/q+1. The van der Waals surface area contributed by atoms with Crippen LogP contribution in [-0.2, 0) is 0 Å². The molecule has 0 aliphatic rings. The lowest BCUT2D eigenvalue weighted by Gasteiger charge is -1.97. The van der Waals surface area contributed by atoms with Crippen LogP contribution in [0.5, 0.6) is 0 Å². The number of benzene rings is 1. The van der Waals surface area contributed by atoms with Crippen molar-refractivity contribution in [1.82, 2.24) is 5.09 Å². The number of allylic oxidation sites excluding steroid dienone is 1. The summed E-state index contributed by atoms with van der Waals surface area (Å²) < 4.78 is 0. The highest BCUT2D eigenvalue weighted by Crippen LogP contribution is 2.15. The Labute approximate surface area is 80.9 Å². The highest BCUT2D eigenvalue weighted by atomic mass is 31.1. The summed E-state index contributed by atoms with van der Waals surface area (Å²) in [5.74, 6) is 0. The van der Waals surface area contributed by atoms with Gasteiger partial charge in [0.2, 0.25) is 7.70 Å². The molecule has 0 amide bonds. The van der Waals surface area contributed by atoms with Gasteiger partial charge in [0.25, 0.3) is 0 Å². The Morgan fingerprint density at radius 3 is 2.31 bits per heavy atom. The Hall–Kier alpha value is -1.07. The molecule has 0 fully saturated rings. The average Bonchev–Trinajstić information content (AvgIpc) is 2.04. The van der Waals surface area contributed by atoms with Gasteiger partial charge in [-0.15, -0.1) is 0 Å². The highest BCUT2D eigenvalue weighted by Gasteiger charge is 2.09. The Bertz CT molecular complexity index is 324. The van der Waals surface area contributed by atoms with Gasteiger partial charge in [-0.2, -0.15) is 0 Å².